The predicted octanol–water partition coefficient (Wildman–Crippen LogP) is 22.0. The molecule has 0 aromatic heterocycles. The lowest BCUT2D eigenvalue weighted by atomic mass is 10.0. The summed E-state index contributed by atoms with van der Waals surface area (Å²) in [6.45, 7) is 6.48. The van der Waals surface area contributed by atoms with E-state index in [-0.39, 0.29) is 31.1 Å². The third-order valence-electron chi connectivity index (χ3n) is 13.5. The molecule has 0 bridgehead atoms. The number of allylic oxidation sites excluding steroid dienone is 20. The van der Waals surface area contributed by atoms with Crippen LogP contribution in [0.4, 0.5) is 0 Å². The van der Waals surface area contributed by atoms with Gasteiger partial charge in [0.05, 0.1) is 0 Å². The van der Waals surface area contributed by atoms with Gasteiger partial charge in [-0.2, -0.15) is 0 Å². The Labute approximate surface area is 475 Å². The van der Waals surface area contributed by atoms with Crippen LogP contribution in [0.5, 0.6) is 0 Å². The van der Waals surface area contributed by atoms with Gasteiger partial charge in [-0.05, 0) is 116 Å². The molecule has 0 rings (SSSR count). The maximum atomic E-state index is 12.9. The maximum Gasteiger partial charge on any atom is 0.306 e. The lowest BCUT2D eigenvalue weighted by Gasteiger charge is -2.18. The van der Waals surface area contributed by atoms with E-state index in [9.17, 15) is 14.4 Å². The van der Waals surface area contributed by atoms with E-state index in [0.29, 0.717) is 19.3 Å². The maximum absolute atomic E-state index is 12.9. The quantitative estimate of drug-likeness (QED) is 0.0261. The van der Waals surface area contributed by atoms with Gasteiger partial charge >= 0.3 is 17.9 Å². The van der Waals surface area contributed by atoms with Crippen LogP contribution in [-0.2, 0) is 28.6 Å². The Kier molecular flexibility index (Phi) is 60.8. The van der Waals surface area contributed by atoms with Crippen molar-refractivity contribution in [2.75, 3.05) is 13.2 Å². The van der Waals surface area contributed by atoms with E-state index in [1.807, 2.05) is 0 Å². The van der Waals surface area contributed by atoms with Crippen molar-refractivity contribution in [2.45, 2.75) is 297 Å². The summed E-state index contributed by atoms with van der Waals surface area (Å²) >= 11 is 0. The first-order valence-electron chi connectivity index (χ1n) is 32.0. The van der Waals surface area contributed by atoms with Gasteiger partial charge in [-0.1, -0.05) is 277 Å². The first-order chi connectivity index (χ1) is 38.0. The molecule has 0 heterocycles. The summed E-state index contributed by atoms with van der Waals surface area (Å²) in [5.41, 5.74) is 0. The van der Waals surface area contributed by atoms with Crippen LogP contribution in [0.1, 0.15) is 290 Å². The van der Waals surface area contributed by atoms with Gasteiger partial charge in [0.2, 0.25) is 0 Å². The van der Waals surface area contributed by atoms with Gasteiger partial charge in [-0.15, -0.1) is 0 Å². The Morgan fingerprint density at radius 1 is 0.273 bits per heavy atom. The molecule has 77 heavy (non-hydrogen) atoms. The molecular formula is C71H118O6. The van der Waals surface area contributed by atoms with E-state index in [0.717, 1.165) is 116 Å². The Balaban J connectivity index is 4.43. The summed E-state index contributed by atoms with van der Waals surface area (Å²) < 4.78 is 16.9. The second-order valence-corrected chi connectivity index (χ2v) is 20.9. The molecule has 0 N–H and O–H groups in total. The van der Waals surface area contributed by atoms with E-state index >= 15 is 0 Å². The third-order valence-corrected chi connectivity index (χ3v) is 13.5. The van der Waals surface area contributed by atoms with Crippen LogP contribution in [0.3, 0.4) is 0 Å². The zero-order valence-corrected chi connectivity index (χ0v) is 50.2. The fraction of sp³-hybridized carbons (Fsp3) is 0.676. The highest BCUT2D eigenvalue weighted by Crippen LogP contribution is 2.16. The van der Waals surface area contributed by atoms with Gasteiger partial charge in [0.15, 0.2) is 6.10 Å². The number of hydrogen-bond acceptors (Lipinski definition) is 6. The first kappa shape index (κ1) is 72.8. The molecule has 0 amide bonds. The Morgan fingerprint density at radius 2 is 0.506 bits per heavy atom. The molecule has 1 unspecified atom stereocenters. The van der Waals surface area contributed by atoms with Crippen LogP contribution in [0.2, 0.25) is 0 Å². The lowest BCUT2D eigenvalue weighted by molar-refractivity contribution is -0.167. The first-order valence-corrected chi connectivity index (χ1v) is 32.0. The molecule has 6 heteroatoms. The van der Waals surface area contributed by atoms with E-state index in [2.05, 4.69) is 142 Å². The second-order valence-electron chi connectivity index (χ2n) is 20.9. The summed E-state index contributed by atoms with van der Waals surface area (Å²) in [7, 11) is 0. The normalized spacial score (nSPS) is 12.9. The molecule has 6 nitrogen and oxygen atoms in total. The summed E-state index contributed by atoms with van der Waals surface area (Å²) in [4.78, 5) is 38.3. The fourth-order valence-corrected chi connectivity index (χ4v) is 8.67. The molecule has 0 aromatic rings. The molecule has 0 saturated heterocycles. The van der Waals surface area contributed by atoms with Crippen molar-refractivity contribution in [1.29, 1.82) is 0 Å². The van der Waals surface area contributed by atoms with Gasteiger partial charge in [0.25, 0.3) is 0 Å². The SMILES string of the molecule is CC/C=C\C/C=C\C/C=C\C/C=C\C/C=C\C/C=C\C/C=C\C/C=C\CCCCC(=O)OCC(COC(=O)CCCCCCCCCCCCCCC)OC(=O)CCCCCCCCCCC/C=C\C/C=C\CCCCC. The van der Waals surface area contributed by atoms with Gasteiger partial charge < -0.3 is 14.2 Å². The number of ether oxygens (including phenoxy) is 3. The van der Waals surface area contributed by atoms with Crippen molar-refractivity contribution >= 4 is 17.9 Å². The number of esters is 3. The van der Waals surface area contributed by atoms with Gasteiger partial charge in [0.1, 0.15) is 13.2 Å². The smallest absolute Gasteiger partial charge is 0.306 e. The van der Waals surface area contributed by atoms with E-state index in [1.54, 1.807) is 0 Å². The fourth-order valence-electron chi connectivity index (χ4n) is 8.67. The topological polar surface area (TPSA) is 78.9 Å². The Morgan fingerprint density at radius 3 is 0.844 bits per heavy atom. The van der Waals surface area contributed by atoms with Gasteiger partial charge in [-0.3, -0.25) is 14.4 Å². The standard InChI is InChI=1S/C71H118O6/c1-4-7-10-13-16-19-22-25-27-29-31-32-33-34-35-36-37-38-40-41-43-46-49-52-55-58-61-64-70(73)76-67-68(66-75-69(72)63-60-57-54-51-48-45-24-21-18-15-12-9-6-3)77-71(74)65-62-59-56-53-50-47-44-42-39-30-28-26-23-20-17-14-11-8-5-2/h7,10,16-17,19-20,25-28,31-32,34-35,37-38,41,43,49,52,68H,4-6,8-9,11-15,18,21-24,29-30,33,36,39-40,42,44-48,50-51,53-67H2,1-3H3/b10-7-,19-16-,20-17-,27-25-,28-26-,32-31-,35-34-,38-37-,43-41-,52-49-. The van der Waals surface area contributed by atoms with Gasteiger partial charge in [0, 0.05) is 19.3 Å². The number of carbonyl (C=O) groups is 3. The van der Waals surface area contributed by atoms with E-state index < -0.39 is 6.10 Å². The minimum atomic E-state index is -0.801. The van der Waals surface area contributed by atoms with Crippen molar-refractivity contribution in [3.8, 4) is 0 Å². The van der Waals surface area contributed by atoms with Crippen molar-refractivity contribution in [2.24, 2.45) is 0 Å². The highest BCUT2D eigenvalue weighted by atomic mass is 16.6. The molecule has 0 fully saturated rings. The molecule has 0 aliphatic heterocycles. The highest BCUT2D eigenvalue weighted by Gasteiger charge is 2.19. The summed E-state index contributed by atoms with van der Waals surface area (Å²) in [6, 6.07) is 0. The Hall–Kier alpha value is -4.19. The molecular weight excluding hydrogens is 949 g/mol. The largest absolute Gasteiger partial charge is 0.462 e. The molecule has 438 valence electrons. The molecule has 1 atom stereocenters. The molecule has 0 saturated carbocycles. The van der Waals surface area contributed by atoms with Crippen molar-refractivity contribution in [3.05, 3.63) is 122 Å². The number of rotatable bonds is 57. The highest BCUT2D eigenvalue weighted by molar-refractivity contribution is 5.71. The number of hydrogen-bond donors (Lipinski definition) is 0. The molecule has 0 radical (unpaired) electrons. The minimum absolute atomic E-state index is 0.0935. The summed E-state index contributed by atoms with van der Waals surface area (Å²) in [6.07, 6.45) is 89.1. The van der Waals surface area contributed by atoms with E-state index in [1.165, 1.54) is 135 Å². The molecule has 0 spiro atoms. The Bertz CT molecular complexity index is 1600. The molecule has 0 aromatic carbocycles. The number of unbranched alkanes of at least 4 members (excludes halogenated alkanes) is 26. The summed E-state index contributed by atoms with van der Waals surface area (Å²) in [5, 5.41) is 0. The van der Waals surface area contributed by atoms with Crippen LogP contribution in [-0.4, -0.2) is 37.2 Å². The monoisotopic (exact) mass is 1070 g/mol. The molecule has 0 aliphatic carbocycles. The average molecular weight is 1070 g/mol. The van der Waals surface area contributed by atoms with Crippen molar-refractivity contribution in [1.82, 2.24) is 0 Å². The molecule has 0 aliphatic rings. The van der Waals surface area contributed by atoms with Crippen LogP contribution >= 0.6 is 0 Å². The van der Waals surface area contributed by atoms with E-state index in [4.69, 9.17) is 14.2 Å². The van der Waals surface area contributed by atoms with Crippen LogP contribution < -0.4 is 0 Å². The van der Waals surface area contributed by atoms with Gasteiger partial charge in [-0.25, -0.2) is 0 Å². The average Bonchev–Trinajstić information content (AvgIpc) is 3.43. The van der Waals surface area contributed by atoms with Crippen LogP contribution in [0.15, 0.2) is 122 Å². The van der Waals surface area contributed by atoms with Crippen LogP contribution in [0.25, 0.3) is 0 Å². The predicted molar refractivity (Wildman–Crippen MR) is 334 cm³/mol. The lowest BCUT2D eigenvalue weighted by Crippen LogP contribution is -2.30. The zero-order chi connectivity index (χ0) is 55.7. The number of carbonyl (C=O) groups excluding carboxylic acids is 3. The van der Waals surface area contributed by atoms with Crippen LogP contribution in [0, 0.1) is 0 Å². The minimum Gasteiger partial charge on any atom is -0.462 e. The summed E-state index contributed by atoms with van der Waals surface area (Å²) in [5.74, 6) is -0.938. The second kappa shape index (κ2) is 64.3. The van der Waals surface area contributed by atoms with Crippen molar-refractivity contribution in [3.63, 3.8) is 0 Å². The van der Waals surface area contributed by atoms with Crippen molar-refractivity contribution < 1.29 is 28.6 Å². The zero-order valence-electron chi connectivity index (χ0n) is 50.2. The third kappa shape index (κ3) is 62.5.